The van der Waals surface area contributed by atoms with Crippen molar-refractivity contribution in [2.75, 3.05) is 13.2 Å². The standard InChI is InChI=1S/C13H17NO2/c1-3-16-12-6-4-11(5-7-12)8-13(2,9-14)10-15/h4-7,15H,3,8,10H2,1-2H3. The van der Waals surface area contributed by atoms with Crippen LogP contribution >= 0.6 is 0 Å². The monoisotopic (exact) mass is 219 g/mol. The Kier molecular flexibility index (Phi) is 4.33. The van der Waals surface area contributed by atoms with Crippen LogP contribution < -0.4 is 4.74 Å². The minimum absolute atomic E-state index is 0.128. The molecule has 0 aliphatic heterocycles. The molecule has 0 aliphatic rings. The fraction of sp³-hybridized carbons (Fsp3) is 0.462. The molecule has 1 unspecified atom stereocenters. The fourth-order valence-corrected chi connectivity index (χ4v) is 1.45. The number of nitrogens with zero attached hydrogens (tertiary/aromatic N) is 1. The lowest BCUT2D eigenvalue weighted by atomic mass is 9.86. The van der Waals surface area contributed by atoms with Gasteiger partial charge < -0.3 is 9.84 Å². The smallest absolute Gasteiger partial charge is 0.119 e. The molecule has 0 bridgehead atoms. The van der Waals surface area contributed by atoms with Gasteiger partial charge in [-0.15, -0.1) is 0 Å². The van der Waals surface area contributed by atoms with Crippen LogP contribution in [0.15, 0.2) is 24.3 Å². The molecule has 1 N–H and O–H groups in total. The number of hydrogen-bond acceptors (Lipinski definition) is 3. The molecule has 0 heterocycles. The van der Waals surface area contributed by atoms with E-state index in [1.165, 1.54) is 0 Å². The van der Waals surface area contributed by atoms with E-state index in [2.05, 4.69) is 6.07 Å². The number of nitriles is 1. The summed E-state index contributed by atoms with van der Waals surface area (Å²) in [5.74, 6) is 0.828. The molecular formula is C13H17NO2. The third-order valence-corrected chi connectivity index (χ3v) is 2.45. The maximum Gasteiger partial charge on any atom is 0.119 e. The molecule has 0 radical (unpaired) electrons. The van der Waals surface area contributed by atoms with Crippen LogP contribution in [-0.4, -0.2) is 18.3 Å². The van der Waals surface area contributed by atoms with Crippen molar-refractivity contribution in [3.05, 3.63) is 29.8 Å². The maximum atomic E-state index is 9.14. The molecule has 1 aromatic rings. The average molecular weight is 219 g/mol. The normalized spacial score (nSPS) is 13.9. The predicted octanol–water partition coefficient (Wildman–Crippen LogP) is 2.15. The molecule has 0 fully saturated rings. The van der Waals surface area contributed by atoms with Gasteiger partial charge in [0.15, 0.2) is 0 Å². The van der Waals surface area contributed by atoms with Gasteiger partial charge in [-0.25, -0.2) is 0 Å². The lowest BCUT2D eigenvalue weighted by molar-refractivity contribution is 0.190. The van der Waals surface area contributed by atoms with E-state index in [4.69, 9.17) is 15.1 Å². The molecule has 1 rings (SSSR count). The van der Waals surface area contributed by atoms with E-state index in [0.29, 0.717) is 13.0 Å². The lowest BCUT2D eigenvalue weighted by Gasteiger charge is -2.18. The number of aliphatic hydroxyl groups excluding tert-OH is 1. The molecule has 0 saturated heterocycles. The molecule has 16 heavy (non-hydrogen) atoms. The summed E-state index contributed by atoms with van der Waals surface area (Å²) < 4.78 is 5.33. The molecule has 0 amide bonds. The summed E-state index contributed by atoms with van der Waals surface area (Å²) in [6.07, 6.45) is 0.548. The minimum Gasteiger partial charge on any atom is -0.494 e. The van der Waals surface area contributed by atoms with Crippen molar-refractivity contribution in [2.45, 2.75) is 20.3 Å². The van der Waals surface area contributed by atoms with E-state index in [0.717, 1.165) is 11.3 Å². The van der Waals surface area contributed by atoms with Crippen molar-refractivity contribution in [1.82, 2.24) is 0 Å². The van der Waals surface area contributed by atoms with Gasteiger partial charge in [-0.2, -0.15) is 5.26 Å². The van der Waals surface area contributed by atoms with Crippen molar-refractivity contribution >= 4 is 0 Å². The quantitative estimate of drug-likeness (QED) is 0.825. The molecule has 0 aromatic heterocycles. The zero-order valence-electron chi connectivity index (χ0n) is 9.73. The minimum atomic E-state index is -0.701. The van der Waals surface area contributed by atoms with Gasteiger partial charge in [-0.1, -0.05) is 12.1 Å². The SMILES string of the molecule is CCOc1ccc(CC(C)(C#N)CO)cc1. The Labute approximate surface area is 96.3 Å². The van der Waals surface area contributed by atoms with Gasteiger partial charge in [0.2, 0.25) is 0 Å². The van der Waals surface area contributed by atoms with Gasteiger partial charge in [0.1, 0.15) is 5.75 Å². The first-order chi connectivity index (χ1) is 7.63. The average Bonchev–Trinajstić information content (AvgIpc) is 2.32. The van der Waals surface area contributed by atoms with Gasteiger partial charge >= 0.3 is 0 Å². The molecule has 0 spiro atoms. The molecule has 3 heteroatoms. The maximum absolute atomic E-state index is 9.14. The van der Waals surface area contributed by atoms with Gasteiger partial charge in [0, 0.05) is 0 Å². The van der Waals surface area contributed by atoms with Crippen LogP contribution in [0.25, 0.3) is 0 Å². The first kappa shape index (κ1) is 12.5. The summed E-state index contributed by atoms with van der Waals surface area (Å²) in [4.78, 5) is 0. The summed E-state index contributed by atoms with van der Waals surface area (Å²) in [5.41, 5.74) is 0.328. The largest absolute Gasteiger partial charge is 0.494 e. The Hall–Kier alpha value is -1.53. The summed E-state index contributed by atoms with van der Waals surface area (Å²) >= 11 is 0. The first-order valence-corrected chi connectivity index (χ1v) is 5.37. The Balaban J connectivity index is 2.72. The molecular weight excluding hydrogens is 202 g/mol. The highest BCUT2D eigenvalue weighted by Crippen LogP contribution is 2.22. The summed E-state index contributed by atoms with van der Waals surface area (Å²) in [6.45, 7) is 4.21. The van der Waals surface area contributed by atoms with E-state index < -0.39 is 5.41 Å². The molecule has 1 aromatic carbocycles. The zero-order valence-corrected chi connectivity index (χ0v) is 9.73. The highest BCUT2D eigenvalue weighted by atomic mass is 16.5. The zero-order chi connectivity index (χ0) is 12.0. The fourth-order valence-electron chi connectivity index (χ4n) is 1.45. The summed E-state index contributed by atoms with van der Waals surface area (Å²) in [6, 6.07) is 9.75. The number of ether oxygens (including phenoxy) is 1. The van der Waals surface area contributed by atoms with Crippen LogP contribution in [0, 0.1) is 16.7 Å². The third kappa shape index (κ3) is 3.25. The van der Waals surface area contributed by atoms with Crippen LogP contribution in [-0.2, 0) is 6.42 Å². The van der Waals surface area contributed by atoms with Gasteiger partial charge in [0.25, 0.3) is 0 Å². The van der Waals surface area contributed by atoms with E-state index >= 15 is 0 Å². The van der Waals surface area contributed by atoms with Crippen LogP contribution in [0.3, 0.4) is 0 Å². The van der Waals surface area contributed by atoms with Crippen molar-refractivity contribution in [1.29, 1.82) is 5.26 Å². The topological polar surface area (TPSA) is 53.2 Å². The number of rotatable bonds is 5. The molecule has 1 atom stereocenters. The molecule has 0 saturated carbocycles. The molecule has 86 valence electrons. The van der Waals surface area contributed by atoms with Gasteiger partial charge in [-0.05, 0) is 38.0 Å². The summed E-state index contributed by atoms with van der Waals surface area (Å²) in [5, 5.41) is 18.1. The van der Waals surface area contributed by atoms with Crippen molar-refractivity contribution < 1.29 is 9.84 Å². The number of hydrogen-bond donors (Lipinski definition) is 1. The van der Waals surface area contributed by atoms with E-state index in [9.17, 15) is 0 Å². The van der Waals surface area contributed by atoms with Crippen LogP contribution in [0.1, 0.15) is 19.4 Å². The lowest BCUT2D eigenvalue weighted by Crippen LogP contribution is -2.21. The van der Waals surface area contributed by atoms with E-state index in [1.807, 2.05) is 31.2 Å². The van der Waals surface area contributed by atoms with Crippen LogP contribution in [0.4, 0.5) is 0 Å². The Bertz CT molecular complexity index is 367. The number of aliphatic hydroxyl groups is 1. The van der Waals surface area contributed by atoms with Crippen LogP contribution in [0.5, 0.6) is 5.75 Å². The predicted molar refractivity (Wildman–Crippen MR) is 62.1 cm³/mol. The Morgan fingerprint density at radius 2 is 2.00 bits per heavy atom. The van der Waals surface area contributed by atoms with Gasteiger partial charge in [0.05, 0.1) is 24.7 Å². The van der Waals surface area contributed by atoms with Crippen molar-refractivity contribution in [2.24, 2.45) is 5.41 Å². The number of benzene rings is 1. The molecule has 0 aliphatic carbocycles. The second-order valence-corrected chi connectivity index (χ2v) is 4.08. The van der Waals surface area contributed by atoms with E-state index in [1.54, 1.807) is 6.92 Å². The van der Waals surface area contributed by atoms with E-state index in [-0.39, 0.29) is 6.61 Å². The van der Waals surface area contributed by atoms with Crippen molar-refractivity contribution in [3.8, 4) is 11.8 Å². The Morgan fingerprint density at radius 1 is 1.38 bits per heavy atom. The van der Waals surface area contributed by atoms with Gasteiger partial charge in [-0.3, -0.25) is 0 Å². The highest BCUT2D eigenvalue weighted by molar-refractivity contribution is 5.28. The van der Waals surface area contributed by atoms with Crippen molar-refractivity contribution in [3.63, 3.8) is 0 Å². The Morgan fingerprint density at radius 3 is 2.44 bits per heavy atom. The second kappa shape index (κ2) is 5.53. The third-order valence-electron chi connectivity index (χ3n) is 2.45. The summed E-state index contributed by atoms with van der Waals surface area (Å²) in [7, 11) is 0. The first-order valence-electron chi connectivity index (χ1n) is 5.37. The van der Waals surface area contributed by atoms with Crippen LogP contribution in [0.2, 0.25) is 0 Å². The second-order valence-electron chi connectivity index (χ2n) is 4.08. The highest BCUT2D eigenvalue weighted by Gasteiger charge is 2.23. The molecule has 3 nitrogen and oxygen atoms in total.